The van der Waals surface area contributed by atoms with Crippen molar-refractivity contribution in [2.75, 3.05) is 0 Å². The van der Waals surface area contributed by atoms with Gasteiger partial charge in [0.25, 0.3) is 0 Å². The molecule has 0 radical (unpaired) electrons. The highest BCUT2D eigenvalue weighted by Crippen LogP contribution is 2.50. The van der Waals surface area contributed by atoms with E-state index in [-0.39, 0.29) is 5.41 Å². The Morgan fingerprint density at radius 2 is 0.950 bits per heavy atom. The van der Waals surface area contributed by atoms with Gasteiger partial charge in [-0.3, -0.25) is 0 Å². The molecule has 0 spiro atoms. The smallest absolute Gasteiger partial charge is 0.160 e. The average molecular weight is 766 g/mol. The molecule has 3 heteroatoms. The standard InChI is InChI=1S/C57H39N3/c1-57(2)50-25-13-10-22-45(50)46-29-28-38(34-51(46)57)53-35-52(36-16-4-3-5-17-36)58-56(59-53)40-30-39(49-33-37-18-6-7-19-42(37)43-20-8-9-21-44(43)49)31-41(32-40)60-54-26-14-11-23-47(54)48-24-12-15-27-55(48)60/h3-35H,1-2H3. The first-order chi connectivity index (χ1) is 29.5. The van der Waals surface area contributed by atoms with Crippen LogP contribution in [0.5, 0.6) is 0 Å². The van der Waals surface area contributed by atoms with E-state index in [4.69, 9.17) is 9.97 Å². The van der Waals surface area contributed by atoms with E-state index in [9.17, 15) is 0 Å². The molecule has 12 rings (SSSR count). The van der Waals surface area contributed by atoms with Crippen molar-refractivity contribution in [3.05, 3.63) is 211 Å². The van der Waals surface area contributed by atoms with Gasteiger partial charge in [-0.2, -0.15) is 0 Å². The van der Waals surface area contributed by atoms with Crippen LogP contribution in [0.3, 0.4) is 0 Å². The van der Waals surface area contributed by atoms with Gasteiger partial charge >= 0.3 is 0 Å². The molecule has 3 nitrogen and oxygen atoms in total. The lowest BCUT2D eigenvalue weighted by Gasteiger charge is -2.22. The molecule has 0 unspecified atom stereocenters. The highest BCUT2D eigenvalue weighted by atomic mass is 15.0. The highest BCUT2D eigenvalue weighted by molar-refractivity contribution is 6.14. The molecular weight excluding hydrogens is 727 g/mol. The zero-order valence-electron chi connectivity index (χ0n) is 33.4. The molecule has 1 aliphatic carbocycles. The minimum absolute atomic E-state index is 0.131. The van der Waals surface area contributed by atoms with Gasteiger partial charge in [0.1, 0.15) is 0 Å². The normalized spacial score (nSPS) is 13.0. The van der Waals surface area contributed by atoms with E-state index in [0.29, 0.717) is 5.82 Å². The molecule has 282 valence electrons. The Kier molecular flexibility index (Phi) is 7.58. The van der Waals surface area contributed by atoms with Gasteiger partial charge < -0.3 is 4.57 Å². The maximum absolute atomic E-state index is 5.50. The third-order valence-corrected chi connectivity index (χ3v) is 12.8. The summed E-state index contributed by atoms with van der Waals surface area (Å²) in [5.41, 5.74) is 15.7. The number of fused-ring (bicyclic) bond motifs is 9. The van der Waals surface area contributed by atoms with Gasteiger partial charge in [0.2, 0.25) is 0 Å². The van der Waals surface area contributed by atoms with Gasteiger partial charge in [0, 0.05) is 38.6 Å². The van der Waals surface area contributed by atoms with Crippen LogP contribution in [0.25, 0.3) is 105 Å². The number of para-hydroxylation sites is 2. The van der Waals surface area contributed by atoms with Crippen LogP contribution < -0.4 is 0 Å². The topological polar surface area (TPSA) is 30.7 Å². The van der Waals surface area contributed by atoms with Crippen molar-refractivity contribution in [2.24, 2.45) is 0 Å². The number of aromatic nitrogens is 3. The third-order valence-electron chi connectivity index (χ3n) is 12.8. The van der Waals surface area contributed by atoms with Crippen LogP contribution in [-0.2, 0) is 5.41 Å². The first-order valence-electron chi connectivity index (χ1n) is 20.7. The molecule has 0 atom stereocenters. The maximum atomic E-state index is 5.50. The van der Waals surface area contributed by atoms with E-state index in [1.54, 1.807) is 0 Å². The lowest BCUT2D eigenvalue weighted by atomic mass is 9.82. The summed E-state index contributed by atoms with van der Waals surface area (Å²) in [7, 11) is 0. The second kappa shape index (κ2) is 13.2. The SMILES string of the molecule is CC1(C)c2ccccc2-c2ccc(-c3cc(-c4ccccc4)nc(-c4cc(-c5cc6ccccc6c6ccccc56)cc(-n5c6ccccc6c6ccccc65)c4)n3)cc21. The predicted octanol–water partition coefficient (Wildman–Crippen LogP) is 14.9. The lowest BCUT2D eigenvalue weighted by Crippen LogP contribution is -2.14. The van der Waals surface area contributed by atoms with Crippen LogP contribution in [0.15, 0.2) is 200 Å². The fourth-order valence-corrected chi connectivity index (χ4v) is 9.86. The average Bonchev–Trinajstić information content (AvgIpc) is 3.77. The Hall–Kier alpha value is -7.62. The number of rotatable bonds is 5. The fraction of sp³-hybridized carbons (Fsp3) is 0.0526. The van der Waals surface area contributed by atoms with Gasteiger partial charge in [0.15, 0.2) is 5.82 Å². The van der Waals surface area contributed by atoms with Crippen molar-refractivity contribution < 1.29 is 0 Å². The number of benzene rings is 9. The van der Waals surface area contributed by atoms with Crippen molar-refractivity contribution in [2.45, 2.75) is 19.3 Å². The monoisotopic (exact) mass is 765 g/mol. The van der Waals surface area contributed by atoms with E-state index in [1.807, 2.05) is 0 Å². The zero-order chi connectivity index (χ0) is 40.0. The summed E-state index contributed by atoms with van der Waals surface area (Å²) < 4.78 is 2.41. The summed E-state index contributed by atoms with van der Waals surface area (Å²) in [6.45, 7) is 4.67. The summed E-state index contributed by atoms with van der Waals surface area (Å²) in [6.07, 6.45) is 0. The Morgan fingerprint density at radius 3 is 1.72 bits per heavy atom. The van der Waals surface area contributed by atoms with Gasteiger partial charge in [-0.1, -0.05) is 166 Å². The zero-order valence-corrected chi connectivity index (χ0v) is 33.4. The Morgan fingerprint density at radius 1 is 0.367 bits per heavy atom. The second-order valence-electron chi connectivity index (χ2n) is 16.6. The number of hydrogen-bond acceptors (Lipinski definition) is 2. The second-order valence-corrected chi connectivity index (χ2v) is 16.6. The van der Waals surface area contributed by atoms with Crippen LogP contribution >= 0.6 is 0 Å². The van der Waals surface area contributed by atoms with E-state index >= 15 is 0 Å². The summed E-state index contributed by atoms with van der Waals surface area (Å²) >= 11 is 0. The molecule has 0 amide bonds. The predicted molar refractivity (Wildman–Crippen MR) is 251 cm³/mol. The minimum atomic E-state index is -0.131. The van der Waals surface area contributed by atoms with Crippen LogP contribution in [-0.4, -0.2) is 14.5 Å². The van der Waals surface area contributed by atoms with Crippen molar-refractivity contribution in [1.82, 2.24) is 14.5 Å². The van der Waals surface area contributed by atoms with E-state index in [1.165, 1.54) is 60.1 Å². The molecule has 2 aromatic heterocycles. The molecular formula is C57H39N3. The molecule has 9 aromatic carbocycles. The van der Waals surface area contributed by atoms with E-state index in [2.05, 4.69) is 219 Å². The van der Waals surface area contributed by atoms with Crippen LogP contribution in [0, 0.1) is 0 Å². The van der Waals surface area contributed by atoms with Crippen LogP contribution in [0.1, 0.15) is 25.0 Å². The van der Waals surface area contributed by atoms with Gasteiger partial charge in [-0.25, -0.2) is 9.97 Å². The molecule has 11 aromatic rings. The third kappa shape index (κ3) is 5.29. The first-order valence-corrected chi connectivity index (χ1v) is 20.7. The number of nitrogens with zero attached hydrogens (tertiary/aromatic N) is 3. The Labute approximate surface area is 348 Å². The van der Waals surface area contributed by atoms with Crippen molar-refractivity contribution in [3.63, 3.8) is 0 Å². The minimum Gasteiger partial charge on any atom is -0.309 e. The molecule has 2 heterocycles. The Balaban J connectivity index is 1.14. The summed E-state index contributed by atoms with van der Waals surface area (Å²) in [5, 5.41) is 7.36. The van der Waals surface area contributed by atoms with Crippen molar-refractivity contribution >= 4 is 43.4 Å². The molecule has 0 N–H and O–H groups in total. The van der Waals surface area contributed by atoms with Gasteiger partial charge in [-0.05, 0) is 103 Å². The highest BCUT2D eigenvalue weighted by Gasteiger charge is 2.35. The maximum Gasteiger partial charge on any atom is 0.160 e. The summed E-state index contributed by atoms with van der Waals surface area (Å²) in [4.78, 5) is 10.9. The largest absolute Gasteiger partial charge is 0.309 e. The van der Waals surface area contributed by atoms with Crippen molar-refractivity contribution in [1.29, 1.82) is 0 Å². The van der Waals surface area contributed by atoms with E-state index in [0.717, 1.165) is 50.4 Å². The Bertz CT molecular complexity index is 3470. The number of hydrogen-bond donors (Lipinski definition) is 0. The molecule has 1 aliphatic rings. The van der Waals surface area contributed by atoms with Crippen LogP contribution in [0.4, 0.5) is 0 Å². The molecule has 0 fully saturated rings. The molecule has 0 aliphatic heterocycles. The van der Waals surface area contributed by atoms with Crippen molar-refractivity contribution in [3.8, 4) is 61.8 Å². The molecule has 60 heavy (non-hydrogen) atoms. The van der Waals surface area contributed by atoms with Gasteiger partial charge in [0.05, 0.1) is 22.4 Å². The molecule has 0 bridgehead atoms. The summed E-state index contributed by atoms with van der Waals surface area (Å²) in [6, 6.07) is 72.5. The fourth-order valence-electron chi connectivity index (χ4n) is 9.86. The quantitative estimate of drug-likeness (QED) is 0.163. The lowest BCUT2D eigenvalue weighted by molar-refractivity contribution is 0.660. The molecule has 0 saturated heterocycles. The summed E-state index contributed by atoms with van der Waals surface area (Å²) in [5.74, 6) is 0.684. The first kappa shape index (κ1) is 34.4. The van der Waals surface area contributed by atoms with Crippen LogP contribution in [0.2, 0.25) is 0 Å². The van der Waals surface area contributed by atoms with E-state index < -0.39 is 0 Å². The van der Waals surface area contributed by atoms with Gasteiger partial charge in [-0.15, -0.1) is 0 Å². The molecule has 0 saturated carbocycles.